The minimum Gasteiger partial charge on any atom is -0.496 e. The lowest BCUT2D eigenvalue weighted by atomic mass is 10.1. The normalized spacial score (nSPS) is 12.3. The van der Waals surface area contributed by atoms with Crippen LogP contribution in [0.1, 0.15) is 18.5 Å². The van der Waals surface area contributed by atoms with Crippen LogP contribution >= 0.6 is 0 Å². The summed E-state index contributed by atoms with van der Waals surface area (Å²) < 4.78 is 21.1. The van der Waals surface area contributed by atoms with Gasteiger partial charge in [0.25, 0.3) is 0 Å². The van der Waals surface area contributed by atoms with Crippen molar-refractivity contribution in [3.8, 4) is 5.75 Å². The van der Waals surface area contributed by atoms with Gasteiger partial charge in [-0.15, -0.1) is 0 Å². The first-order valence-electron chi connectivity index (χ1n) is 7.30. The Hall–Kier alpha value is -1.14. The number of hydrogen-bond donors (Lipinski definition) is 1. The third-order valence-electron chi connectivity index (χ3n) is 3.11. The predicted octanol–water partition coefficient (Wildman–Crippen LogP) is 2.03. The van der Waals surface area contributed by atoms with E-state index in [1.54, 1.807) is 14.2 Å². The van der Waals surface area contributed by atoms with Crippen molar-refractivity contribution in [3.63, 3.8) is 0 Å². The zero-order valence-corrected chi connectivity index (χ0v) is 13.3. The molecule has 0 aliphatic rings. The molecule has 0 aliphatic heterocycles. The van der Waals surface area contributed by atoms with Gasteiger partial charge in [0, 0.05) is 25.3 Å². The minimum absolute atomic E-state index is 0.225. The van der Waals surface area contributed by atoms with Crippen molar-refractivity contribution in [2.24, 2.45) is 0 Å². The van der Waals surface area contributed by atoms with Gasteiger partial charge in [-0.1, -0.05) is 18.2 Å². The van der Waals surface area contributed by atoms with Crippen LogP contribution in [0.5, 0.6) is 5.75 Å². The largest absolute Gasteiger partial charge is 0.496 e. The van der Waals surface area contributed by atoms with Gasteiger partial charge in [-0.2, -0.15) is 0 Å². The molecule has 0 spiro atoms. The Bertz CT molecular complexity index is 373. The average molecular weight is 297 g/mol. The number of ether oxygens (including phenoxy) is 4. The highest BCUT2D eigenvalue weighted by molar-refractivity contribution is 5.35. The summed E-state index contributed by atoms with van der Waals surface area (Å²) in [6.07, 6.45) is 0. The van der Waals surface area contributed by atoms with Crippen molar-refractivity contribution in [3.05, 3.63) is 29.8 Å². The summed E-state index contributed by atoms with van der Waals surface area (Å²) in [5.74, 6) is 0.907. The number of rotatable bonds is 12. The Balaban J connectivity index is 2.09. The van der Waals surface area contributed by atoms with Gasteiger partial charge in [-0.25, -0.2) is 0 Å². The maximum absolute atomic E-state index is 5.50. The molecule has 0 saturated heterocycles. The molecule has 1 atom stereocenters. The highest BCUT2D eigenvalue weighted by Gasteiger charge is 2.09. The molecule has 1 N–H and O–H groups in total. The number of nitrogens with one attached hydrogen (secondary N) is 1. The van der Waals surface area contributed by atoms with E-state index in [0.29, 0.717) is 33.0 Å². The Kier molecular flexibility index (Phi) is 9.82. The molecule has 0 bridgehead atoms. The van der Waals surface area contributed by atoms with E-state index in [1.165, 1.54) is 0 Å². The van der Waals surface area contributed by atoms with Crippen LogP contribution in [0.2, 0.25) is 0 Å². The Labute approximate surface area is 127 Å². The maximum Gasteiger partial charge on any atom is 0.123 e. The van der Waals surface area contributed by atoms with Crippen molar-refractivity contribution in [1.82, 2.24) is 5.32 Å². The number of para-hydroxylation sites is 1. The zero-order valence-electron chi connectivity index (χ0n) is 13.3. The SMILES string of the molecule is COCCOCCOCCN[C@@H](C)c1ccccc1OC. The van der Waals surface area contributed by atoms with E-state index in [9.17, 15) is 0 Å². The predicted molar refractivity (Wildman–Crippen MR) is 82.9 cm³/mol. The van der Waals surface area contributed by atoms with Crippen LogP contribution in [-0.2, 0) is 14.2 Å². The molecule has 0 aromatic heterocycles. The van der Waals surface area contributed by atoms with E-state index >= 15 is 0 Å². The van der Waals surface area contributed by atoms with Crippen LogP contribution in [0, 0.1) is 0 Å². The van der Waals surface area contributed by atoms with Gasteiger partial charge in [-0.05, 0) is 13.0 Å². The van der Waals surface area contributed by atoms with Crippen LogP contribution in [-0.4, -0.2) is 53.8 Å². The summed E-state index contributed by atoms with van der Waals surface area (Å²) in [4.78, 5) is 0. The molecule has 0 heterocycles. The van der Waals surface area contributed by atoms with Gasteiger partial charge >= 0.3 is 0 Å². The van der Waals surface area contributed by atoms with Crippen molar-refractivity contribution < 1.29 is 18.9 Å². The average Bonchev–Trinajstić information content (AvgIpc) is 2.53. The number of methoxy groups -OCH3 is 2. The first-order valence-corrected chi connectivity index (χ1v) is 7.30. The zero-order chi connectivity index (χ0) is 15.3. The van der Waals surface area contributed by atoms with Crippen LogP contribution < -0.4 is 10.1 Å². The summed E-state index contributed by atoms with van der Waals surface area (Å²) in [5, 5.41) is 3.42. The second kappa shape index (κ2) is 11.5. The molecule has 5 nitrogen and oxygen atoms in total. The number of benzene rings is 1. The quantitative estimate of drug-likeness (QED) is 0.598. The molecular weight excluding hydrogens is 270 g/mol. The van der Waals surface area contributed by atoms with Crippen molar-refractivity contribution >= 4 is 0 Å². The van der Waals surface area contributed by atoms with E-state index in [2.05, 4.69) is 18.3 Å². The van der Waals surface area contributed by atoms with Crippen LogP contribution in [0.15, 0.2) is 24.3 Å². The van der Waals surface area contributed by atoms with Crippen LogP contribution in [0.25, 0.3) is 0 Å². The first kappa shape index (κ1) is 17.9. The topological polar surface area (TPSA) is 49.0 Å². The fourth-order valence-corrected chi connectivity index (χ4v) is 1.95. The highest BCUT2D eigenvalue weighted by atomic mass is 16.5. The molecule has 0 aliphatic carbocycles. The van der Waals surface area contributed by atoms with Crippen molar-refractivity contribution in [1.29, 1.82) is 0 Å². The lowest BCUT2D eigenvalue weighted by molar-refractivity contribution is 0.0253. The molecule has 0 radical (unpaired) electrons. The third kappa shape index (κ3) is 7.43. The van der Waals surface area contributed by atoms with E-state index in [0.717, 1.165) is 17.9 Å². The smallest absolute Gasteiger partial charge is 0.123 e. The molecule has 0 fully saturated rings. The molecule has 5 heteroatoms. The van der Waals surface area contributed by atoms with Gasteiger partial charge in [0.05, 0.1) is 40.1 Å². The molecule has 120 valence electrons. The third-order valence-corrected chi connectivity index (χ3v) is 3.11. The summed E-state index contributed by atoms with van der Waals surface area (Å²) >= 11 is 0. The summed E-state index contributed by atoms with van der Waals surface area (Å²) in [5.41, 5.74) is 1.16. The first-order chi connectivity index (χ1) is 10.3. The van der Waals surface area contributed by atoms with Gasteiger partial charge in [0.2, 0.25) is 0 Å². The molecule has 1 aromatic rings. The molecular formula is C16H27NO4. The minimum atomic E-state index is 0.225. The maximum atomic E-state index is 5.50. The molecule has 1 rings (SSSR count). The van der Waals surface area contributed by atoms with E-state index in [4.69, 9.17) is 18.9 Å². The molecule has 1 aromatic carbocycles. The lowest BCUT2D eigenvalue weighted by Crippen LogP contribution is -2.24. The molecule has 0 saturated carbocycles. The van der Waals surface area contributed by atoms with Crippen LogP contribution in [0.3, 0.4) is 0 Å². The summed E-state index contributed by atoms with van der Waals surface area (Å²) in [7, 11) is 3.35. The second-order valence-corrected chi connectivity index (χ2v) is 4.64. The fraction of sp³-hybridized carbons (Fsp3) is 0.625. The monoisotopic (exact) mass is 297 g/mol. The Morgan fingerprint density at radius 2 is 1.62 bits per heavy atom. The van der Waals surface area contributed by atoms with Gasteiger partial charge in [0.1, 0.15) is 5.75 Å². The Morgan fingerprint density at radius 3 is 2.33 bits per heavy atom. The molecule has 21 heavy (non-hydrogen) atoms. The molecule has 0 amide bonds. The van der Waals surface area contributed by atoms with Gasteiger partial charge in [-0.3, -0.25) is 0 Å². The van der Waals surface area contributed by atoms with E-state index in [1.807, 2.05) is 18.2 Å². The van der Waals surface area contributed by atoms with Crippen LogP contribution in [0.4, 0.5) is 0 Å². The lowest BCUT2D eigenvalue weighted by Gasteiger charge is -2.17. The van der Waals surface area contributed by atoms with E-state index < -0.39 is 0 Å². The standard InChI is InChI=1S/C16H27NO4/c1-14(15-6-4-5-7-16(15)19-3)17-8-9-20-12-13-21-11-10-18-2/h4-7,14,17H,8-13H2,1-3H3/t14-/m0/s1. The summed E-state index contributed by atoms with van der Waals surface area (Å²) in [6.45, 7) is 6.01. The van der Waals surface area contributed by atoms with Crippen molar-refractivity contribution in [2.45, 2.75) is 13.0 Å². The van der Waals surface area contributed by atoms with Gasteiger partial charge < -0.3 is 24.3 Å². The fourth-order valence-electron chi connectivity index (χ4n) is 1.95. The second-order valence-electron chi connectivity index (χ2n) is 4.64. The number of hydrogen-bond acceptors (Lipinski definition) is 5. The summed E-state index contributed by atoms with van der Waals surface area (Å²) in [6, 6.07) is 8.26. The van der Waals surface area contributed by atoms with Gasteiger partial charge in [0.15, 0.2) is 0 Å². The Morgan fingerprint density at radius 1 is 0.952 bits per heavy atom. The molecule has 0 unspecified atom stereocenters. The van der Waals surface area contributed by atoms with E-state index in [-0.39, 0.29) is 6.04 Å². The van der Waals surface area contributed by atoms with Crippen molar-refractivity contribution in [2.75, 3.05) is 53.8 Å². The highest BCUT2D eigenvalue weighted by Crippen LogP contribution is 2.23.